The first kappa shape index (κ1) is 15.3. The average Bonchev–Trinajstić information content (AvgIpc) is 2.81. The van der Waals surface area contributed by atoms with Crippen molar-refractivity contribution in [3.05, 3.63) is 0 Å². The molecule has 0 amide bonds. The zero-order valence-electron chi connectivity index (χ0n) is 13.5. The molecule has 2 heteroatoms. The molecule has 0 spiro atoms. The van der Waals surface area contributed by atoms with E-state index in [1.165, 1.54) is 58.2 Å². The molecule has 0 aromatic rings. The largest absolute Gasteiger partial charge is 0.314 e. The lowest BCUT2D eigenvalue weighted by Crippen LogP contribution is -2.55. The van der Waals surface area contributed by atoms with E-state index in [9.17, 15) is 0 Å². The van der Waals surface area contributed by atoms with Gasteiger partial charge in [-0.15, -0.1) is 0 Å². The van der Waals surface area contributed by atoms with Crippen molar-refractivity contribution in [1.29, 1.82) is 0 Å². The fourth-order valence-corrected chi connectivity index (χ4v) is 4.16. The molecule has 0 radical (unpaired) electrons. The summed E-state index contributed by atoms with van der Waals surface area (Å²) in [5, 5.41) is 3.75. The highest BCUT2D eigenvalue weighted by molar-refractivity contribution is 4.92. The quantitative estimate of drug-likeness (QED) is 0.817. The van der Waals surface area contributed by atoms with E-state index in [1.54, 1.807) is 0 Å². The first-order chi connectivity index (χ1) is 9.06. The number of likely N-dealkylation sites (tertiary alicyclic amines) is 1. The zero-order chi connectivity index (χ0) is 13.9. The van der Waals surface area contributed by atoms with Crippen LogP contribution >= 0.6 is 0 Å². The van der Waals surface area contributed by atoms with Gasteiger partial charge in [-0.1, -0.05) is 33.6 Å². The third kappa shape index (κ3) is 3.72. The zero-order valence-corrected chi connectivity index (χ0v) is 13.5. The van der Waals surface area contributed by atoms with Crippen LogP contribution in [0, 0.1) is 11.3 Å². The third-order valence-corrected chi connectivity index (χ3v) is 5.75. The van der Waals surface area contributed by atoms with E-state index in [0.717, 1.165) is 18.0 Å². The van der Waals surface area contributed by atoms with Crippen molar-refractivity contribution < 1.29 is 0 Å². The number of hydrogen-bond acceptors (Lipinski definition) is 2. The van der Waals surface area contributed by atoms with E-state index in [1.807, 2.05) is 0 Å². The summed E-state index contributed by atoms with van der Waals surface area (Å²) >= 11 is 0. The Kier molecular flexibility index (Phi) is 5.30. The smallest absolute Gasteiger partial charge is 0.0120 e. The van der Waals surface area contributed by atoms with E-state index in [2.05, 4.69) is 37.9 Å². The minimum absolute atomic E-state index is 0.609. The van der Waals surface area contributed by atoms with Crippen LogP contribution in [-0.2, 0) is 0 Å². The van der Waals surface area contributed by atoms with Gasteiger partial charge in [0.2, 0.25) is 0 Å². The molecule has 3 unspecified atom stereocenters. The molecule has 2 aliphatic rings. The van der Waals surface area contributed by atoms with Crippen molar-refractivity contribution in [2.24, 2.45) is 11.3 Å². The normalized spacial score (nSPS) is 35.7. The summed E-state index contributed by atoms with van der Waals surface area (Å²) in [6, 6.07) is 1.48. The van der Waals surface area contributed by atoms with Crippen molar-refractivity contribution in [2.45, 2.75) is 78.3 Å². The molecular formula is C17H34N2. The Labute approximate surface area is 120 Å². The van der Waals surface area contributed by atoms with Crippen LogP contribution in [0.2, 0.25) is 0 Å². The SMILES string of the molecule is CCCNC1CCN(CC2(C)CCCC2)C(C)C1C. The Bertz CT molecular complexity index is 270. The van der Waals surface area contributed by atoms with E-state index >= 15 is 0 Å². The molecule has 2 rings (SSSR count). The molecule has 2 nitrogen and oxygen atoms in total. The lowest BCUT2D eigenvalue weighted by atomic mass is 9.82. The van der Waals surface area contributed by atoms with Crippen LogP contribution in [0.1, 0.15) is 66.2 Å². The lowest BCUT2D eigenvalue weighted by molar-refractivity contribution is 0.0486. The fourth-order valence-electron chi connectivity index (χ4n) is 4.16. The van der Waals surface area contributed by atoms with Crippen LogP contribution in [0.25, 0.3) is 0 Å². The number of hydrogen-bond donors (Lipinski definition) is 1. The summed E-state index contributed by atoms with van der Waals surface area (Å²) in [6.45, 7) is 13.5. The second-order valence-electron chi connectivity index (χ2n) is 7.44. The van der Waals surface area contributed by atoms with Gasteiger partial charge in [0.25, 0.3) is 0 Å². The topological polar surface area (TPSA) is 15.3 Å². The summed E-state index contributed by atoms with van der Waals surface area (Å²) in [4.78, 5) is 2.78. The lowest BCUT2D eigenvalue weighted by Gasteiger charge is -2.46. The molecule has 0 bridgehead atoms. The molecule has 19 heavy (non-hydrogen) atoms. The third-order valence-electron chi connectivity index (χ3n) is 5.75. The molecule has 112 valence electrons. The van der Waals surface area contributed by atoms with Crippen LogP contribution in [0.15, 0.2) is 0 Å². The molecule has 1 heterocycles. The maximum absolute atomic E-state index is 3.75. The highest BCUT2D eigenvalue weighted by Crippen LogP contribution is 2.39. The van der Waals surface area contributed by atoms with Crippen molar-refractivity contribution in [1.82, 2.24) is 10.2 Å². The first-order valence-corrected chi connectivity index (χ1v) is 8.53. The van der Waals surface area contributed by atoms with E-state index in [0.29, 0.717) is 5.41 Å². The van der Waals surface area contributed by atoms with Gasteiger partial charge in [-0.3, -0.25) is 4.90 Å². The van der Waals surface area contributed by atoms with Gasteiger partial charge in [0.15, 0.2) is 0 Å². The molecule has 1 saturated heterocycles. The summed E-state index contributed by atoms with van der Waals surface area (Å²) in [6.07, 6.45) is 8.38. The maximum Gasteiger partial charge on any atom is 0.0120 e. The van der Waals surface area contributed by atoms with Crippen molar-refractivity contribution in [3.8, 4) is 0 Å². The van der Waals surface area contributed by atoms with Crippen molar-refractivity contribution >= 4 is 0 Å². The van der Waals surface area contributed by atoms with Crippen LogP contribution in [0.5, 0.6) is 0 Å². The molecule has 1 N–H and O–H groups in total. The van der Waals surface area contributed by atoms with Gasteiger partial charge in [0, 0.05) is 18.6 Å². The number of nitrogens with zero attached hydrogens (tertiary/aromatic N) is 1. The number of rotatable bonds is 5. The van der Waals surface area contributed by atoms with Gasteiger partial charge in [0.05, 0.1) is 0 Å². The fraction of sp³-hybridized carbons (Fsp3) is 1.00. The molecule has 0 aromatic heterocycles. The van der Waals surface area contributed by atoms with Gasteiger partial charge in [-0.25, -0.2) is 0 Å². The predicted octanol–water partition coefficient (Wildman–Crippen LogP) is 3.67. The van der Waals surface area contributed by atoms with Gasteiger partial charge >= 0.3 is 0 Å². The van der Waals surface area contributed by atoms with Gasteiger partial charge in [0.1, 0.15) is 0 Å². The molecule has 1 saturated carbocycles. The summed E-state index contributed by atoms with van der Waals surface area (Å²) in [7, 11) is 0. The highest BCUT2D eigenvalue weighted by atomic mass is 15.2. The van der Waals surface area contributed by atoms with E-state index in [4.69, 9.17) is 0 Å². The Morgan fingerprint density at radius 3 is 2.53 bits per heavy atom. The molecule has 2 fully saturated rings. The van der Waals surface area contributed by atoms with Gasteiger partial charge < -0.3 is 5.32 Å². The molecular weight excluding hydrogens is 232 g/mol. The molecule has 0 aromatic carbocycles. The number of piperidine rings is 1. The van der Waals surface area contributed by atoms with Crippen molar-refractivity contribution in [2.75, 3.05) is 19.6 Å². The first-order valence-electron chi connectivity index (χ1n) is 8.53. The minimum Gasteiger partial charge on any atom is -0.314 e. The monoisotopic (exact) mass is 266 g/mol. The Hall–Kier alpha value is -0.0800. The minimum atomic E-state index is 0.609. The van der Waals surface area contributed by atoms with Gasteiger partial charge in [-0.2, -0.15) is 0 Å². The summed E-state index contributed by atoms with van der Waals surface area (Å²) in [5.41, 5.74) is 0.609. The second-order valence-corrected chi connectivity index (χ2v) is 7.44. The Balaban J connectivity index is 1.87. The number of nitrogens with one attached hydrogen (secondary N) is 1. The van der Waals surface area contributed by atoms with E-state index < -0.39 is 0 Å². The average molecular weight is 266 g/mol. The van der Waals surface area contributed by atoms with Crippen LogP contribution in [0.3, 0.4) is 0 Å². The van der Waals surface area contributed by atoms with Crippen molar-refractivity contribution in [3.63, 3.8) is 0 Å². The molecule has 3 atom stereocenters. The van der Waals surface area contributed by atoms with Crippen LogP contribution in [-0.4, -0.2) is 36.6 Å². The van der Waals surface area contributed by atoms with Gasteiger partial charge in [-0.05, 0) is 57.0 Å². The Morgan fingerprint density at radius 2 is 1.89 bits per heavy atom. The maximum atomic E-state index is 3.75. The molecule has 1 aliphatic heterocycles. The standard InChI is InChI=1S/C17H34N2/c1-5-11-18-16-8-12-19(15(3)14(16)2)13-17(4)9-6-7-10-17/h14-16,18H,5-13H2,1-4H3. The Morgan fingerprint density at radius 1 is 1.21 bits per heavy atom. The van der Waals surface area contributed by atoms with E-state index in [-0.39, 0.29) is 0 Å². The van der Waals surface area contributed by atoms with Crippen LogP contribution in [0.4, 0.5) is 0 Å². The highest BCUT2D eigenvalue weighted by Gasteiger charge is 2.37. The summed E-state index contributed by atoms with van der Waals surface area (Å²) < 4.78 is 0. The molecule has 1 aliphatic carbocycles. The predicted molar refractivity (Wildman–Crippen MR) is 83.5 cm³/mol. The second kappa shape index (κ2) is 6.58. The van der Waals surface area contributed by atoms with Crippen LogP contribution < -0.4 is 5.32 Å². The summed E-state index contributed by atoms with van der Waals surface area (Å²) in [5.74, 6) is 0.783.